The molecule has 2 saturated carbocycles. The molecule has 5 atom stereocenters. The van der Waals surface area contributed by atoms with Crippen LogP contribution in [0, 0.1) is 11.3 Å². The Bertz CT molecular complexity index is 1820. The molecule has 6 rings (SSSR count). The number of fused-ring (bicyclic) bond motifs is 5. The van der Waals surface area contributed by atoms with E-state index in [1.165, 1.54) is 11.0 Å². The molecule has 51 heavy (non-hydrogen) atoms. The number of benzene rings is 2. The molecule has 1 saturated heterocycles. The second-order valence-corrected chi connectivity index (χ2v) is 17.3. The molecule has 4 amide bonds. The fraction of sp³-hybridized carbons (Fsp3) is 0.526. The summed E-state index contributed by atoms with van der Waals surface area (Å²) in [4.78, 5) is 57.1. The Labute approximate surface area is 299 Å². The van der Waals surface area contributed by atoms with Gasteiger partial charge in [-0.1, -0.05) is 75.4 Å². The largest absolute Gasteiger partial charge is 0.450 e. The Kier molecular flexibility index (Phi) is 9.83. The van der Waals surface area contributed by atoms with Gasteiger partial charge in [0.25, 0.3) is 5.91 Å². The number of nitrogens with one attached hydrogen (secondary N) is 3. The summed E-state index contributed by atoms with van der Waals surface area (Å²) in [6, 6.07) is 13.9. The van der Waals surface area contributed by atoms with Crippen LogP contribution in [0.1, 0.15) is 70.4 Å². The number of nitrogens with zero attached hydrogens (tertiary/aromatic N) is 1. The molecule has 13 heteroatoms. The Morgan fingerprint density at radius 1 is 1.08 bits per heavy atom. The zero-order chi connectivity index (χ0) is 36.8. The van der Waals surface area contributed by atoms with Crippen LogP contribution in [0.5, 0.6) is 0 Å². The lowest BCUT2D eigenvalue weighted by Gasteiger charge is -2.36. The van der Waals surface area contributed by atoms with Crippen LogP contribution < -0.4 is 15.4 Å². The maximum Gasteiger partial charge on any atom is 0.407 e. The van der Waals surface area contributed by atoms with E-state index in [9.17, 15) is 27.6 Å². The zero-order valence-electron chi connectivity index (χ0n) is 29.7. The van der Waals surface area contributed by atoms with E-state index in [1.807, 2.05) is 63.2 Å². The average Bonchev–Trinajstić information content (AvgIpc) is 4.02. The number of aryl methyl sites for hydroxylation is 1. The Morgan fingerprint density at radius 2 is 1.80 bits per heavy atom. The fourth-order valence-electron chi connectivity index (χ4n) is 7.37. The highest BCUT2D eigenvalue weighted by Gasteiger charge is 2.62. The van der Waals surface area contributed by atoms with Crippen LogP contribution in [-0.4, -0.2) is 80.3 Å². The van der Waals surface area contributed by atoms with Gasteiger partial charge in [0.2, 0.25) is 21.8 Å². The van der Waals surface area contributed by atoms with E-state index in [0.29, 0.717) is 25.7 Å². The number of hydrogen-bond donors (Lipinski definition) is 3. The summed E-state index contributed by atoms with van der Waals surface area (Å²) in [5.74, 6) is -2.48. The van der Waals surface area contributed by atoms with Crippen molar-refractivity contribution < 1.29 is 37.1 Å². The van der Waals surface area contributed by atoms with Crippen LogP contribution in [0.2, 0.25) is 0 Å². The normalized spacial score (nSPS) is 28.4. The van der Waals surface area contributed by atoms with E-state index in [-0.39, 0.29) is 26.0 Å². The topological polar surface area (TPSA) is 160 Å². The quantitative estimate of drug-likeness (QED) is 0.346. The number of methoxy groups -OCH3 is 1. The van der Waals surface area contributed by atoms with Gasteiger partial charge in [0.15, 0.2) is 0 Å². The van der Waals surface area contributed by atoms with Crippen LogP contribution in [-0.2, 0) is 45.9 Å². The van der Waals surface area contributed by atoms with Crippen molar-refractivity contribution in [3.8, 4) is 11.1 Å². The summed E-state index contributed by atoms with van der Waals surface area (Å²) >= 11 is 0. The minimum atomic E-state index is -3.89. The minimum Gasteiger partial charge on any atom is -0.450 e. The Morgan fingerprint density at radius 3 is 2.43 bits per heavy atom. The van der Waals surface area contributed by atoms with Gasteiger partial charge in [-0.25, -0.2) is 13.2 Å². The predicted octanol–water partition coefficient (Wildman–Crippen LogP) is 3.94. The molecule has 0 aromatic heterocycles. The molecule has 3 N–H and O–H groups in total. The summed E-state index contributed by atoms with van der Waals surface area (Å²) in [5.41, 5.74) is 0.468. The van der Waals surface area contributed by atoms with Gasteiger partial charge in [-0.05, 0) is 66.2 Å². The standard InChI is InChI=1S/C38H48N4O8S/c1-6-26-21-38(26,34(45)41-51(47,48)28-16-17-28)40-32(43)30-22-37(49-5)23-42(30)33(44)31(36(2,3)4)39-35(46)50-19-11-10-14-25-20-27(37)15-18-29(25)24-12-8-7-9-13-24/h6-9,12-13,15,18,20,26,28,30-31H,1,10-11,14,16-17,19,21-23H2,2-5H3,(H,39,46)(H,40,43)(H,41,45). The van der Waals surface area contributed by atoms with E-state index < -0.39 is 73.6 Å². The number of carbonyl (C=O) groups is 4. The first-order valence-corrected chi connectivity index (χ1v) is 19.2. The van der Waals surface area contributed by atoms with Crippen LogP contribution in [0.25, 0.3) is 11.1 Å². The number of sulfonamides is 1. The fourth-order valence-corrected chi connectivity index (χ4v) is 8.74. The second-order valence-electron chi connectivity index (χ2n) is 15.3. The third-order valence-corrected chi connectivity index (χ3v) is 12.5. The van der Waals surface area contributed by atoms with Crippen LogP contribution in [0.3, 0.4) is 0 Å². The number of ether oxygens (including phenoxy) is 2. The van der Waals surface area contributed by atoms with E-state index in [1.54, 1.807) is 7.11 Å². The summed E-state index contributed by atoms with van der Waals surface area (Å²) in [5, 5.41) is 4.97. The van der Waals surface area contributed by atoms with Crippen molar-refractivity contribution in [1.82, 2.24) is 20.3 Å². The van der Waals surface area contributed by atoms with Gasteiger partial charge in [-0.2, -0.15) is 0 Å². The highest BCUT2D eigenvalue weighted by Crippen LogP contribution is 2.47. The van der Waals surface area contributed by atoms with Gasteiger partial charge in [0.05, 0.1) is 18.4 Å². The number of cyclic esters (lactones) is 1. The van der Waals surface area contributed by atoms with E-state index in [2.05, 4.69) is 28.0 Å². The van der Waals surface area contributed by atoms with E-state index in [4.69, 9.17) is 9.47 Å². The predicted molar refractivity (Wildman–Crippen MR) is 191 cm³/mol. The van der Waals surface area contributed by atoms with Crippen molar-refractivity contribution in [1.29, 1.82) is 0 Å². The van der Waals surface area contributed by atoms with Gasteiger partial charge >= 0.3 is 6.09 Å². The second kappa shape index (κ2) is 13.7. The molecule has 4 bridgehead atoms. The van der Waals surface area contributed by atoms with Crippen LogP contribution in [0.15, 0.2) is 61.2 Å². The van der Waals surface area contributed by atoms with Crippen LogP contribution in [0.4, 0.5) is 4.79 Å². The molecular weight excluding hydrogens is 673 g/mol. The van der Waals surface area contributed by atoms with Crippen molar-refractivity contribution in [2.75, 3.05) is 20.3 Å². The van der Waals surface area contributed by atoms with E-state index in [0.717, 1.165) is 28.7 Å². The number of alkyl carbamates (subject to hydrolysis) is 1. The number of hydrogen-bond acceptors (Lipinski definition) is 8. The first-order chi connectivity index (χ1) is 24.1. The number of rotatable bonds is 8. The summed E-state index contributed by atoms with van der Waals surface area (Å²) in [6.07, 6.45) is 3.96. The lowest BCUT2D eigenvalue weighted by atomic mass is 9.85. The summed E-state index contributed by atoms with van der Waals surface area (Å²) in [6.45, 7) is 9.37. The summed E-state index contributed by atoms with van der Waals surface area (Å²) in [7, 11) is -2.34. The van der Waals surface area contributed by atoms with Crippen molar-refractivity contribution >= 4 is 33.8 Å². The molecule has 2 heterocycles. The molecule has 2 aromatic rings. The highest BCUT2D eigenvalue weighted by atomic mass is 32.2. The molecule has 274 valence electrons. The molecule has 3 fully saturated rings. The van der Waals surface area contributed by atoms with Gasteiger partial charge in [0, 0.05) is 19.4 Å². The molecule has 0 radical (unpaired) electrons. The number of amides is 4. The monoisotopic (exact) mass is 720 g/mol. The molecule has 0 spiro atoms. The van der Waals surface area contributed by atoms with Crippen molar-refractivity contribution in [3.05, 3.63) is 72.3 Å². The van der Waals surface area contributed by atoms with Crippen molar-refractivity contribution in [2.45, 2.75) is 94.2 Å². The third kappa shape index (κ3) is 7.28. The molecule has 2 aromatic carbocycles. The molecule has 4 aliphatic rings. The lowest BCUT2D eigenvalue weighted by molar-refractivity contribution is -0.143. The maximum atomic E-state index is 14.6. The molecule has 12 nitrogen and oxygen atoms in total. The van der Waals surface area contributed by atoms with Crippen LogP contribution >= 0.6 is 0 Å². The zero-order valence-corrected chi connectivity index (χ0v) is 30.5. The SMILES string of the molecule is C=CC1CC1(NC(=O)C1CC2(OC)CN1C(=O)C(C(C)(C)C)NC(=O)OCCCCc1cc2ccc1-c1ccccc1)C(=O)NS(=O)(=O)C1CC1. The van der Waals surface area contributed by atoms with Gasteiger partial charge in [-0.3, -0.25) is 19.1 Å². The smallest absolute Gasteiger partial charge is 0.407 e. The Hall–Kier alpha value is -4.23. The minimum absolute atomic E-state index is 0.0198. The molecule has 5 unspecified atom stereocenters. The highest BCUT2D eigenvalue weighted by molar-refractivity contribution is 7.91. The first-order valence-electron chi connectivity index (χ1n) is 17.6. The van der Waals surface area contributed by atoms with Gasteiger partial charge < -0.3 is 25.0 Å². The molecule has 2 aliphatic carbocycles. The molecule has 2 aliphatic heterocycles. The number of carbonyl (C=O) groups excluding carboxylic acids is 4. The first kappa shape index (κ1) is 36.6. The Balaban J connectivity index is 1.40. The maximum absolute atomic E-state index is 14.6. The van der Waals surface area contributed by atoms with Gasteiger partial charge in [0.1, 0.15) is 23.2 Å². The molecular formula is C38H48N4O8S. The van der Waals surface area contributed by atoms with Crippen molar-refractivity contribution in [2.24, 2.45) is 11.3 Å². The summed E-state index contributed by atoms with van der Waals surface area (Å²) < 4.78 is 39.4. The average molecular weight is 721 g/mol. The third-order valence-electron chi connectivity index (χ3n) is 10.7. The van der Waals surface area contributed by atoms with E-state index >= 15 is 0 Å². The lowest BCUT2D eigenvalue weighted by Crippen LogP contribution is -2.60. The van der Waals surface area contributed by atoms with Gasteiger partial charge in [-0.15, -0.1) is 6.58 Å². The van der Waals surface area contributed by atoms with Crippen molar-refractivity contribution in [3.63, 3.8) is 0 Å².